The van der Waals surface area contributed by atoms with Crippen LogP contribution in [0.5, 0.6) is 0 Å². The lowest BCUT2D eigenvalue weighted by molar-refractivity contribution is 0.0862. The highest BCUT2D eigenvalue weighted by Crippen LogP contribution is 2.35. The number of fused-ring (bicyclic) bond motifs is 1. The molecule has 0 saturated carbocycles. The number of hydrazine groups is 1. The maximum absolute atomic E-state index is 11.9. The van der Waals surface area contributed by atoms with Crippen molar-refractivity contribution in [2.45, 2.75) is 0 Å². The molecule has 3 N–H and O–H groups in total. The van der Waals surface area contributed by atoms with E-state index in [1.165, 1.54) is 11.3 Å². The van der Waals surface area contributed by atoms with E-state index in [0.717, 1.165) is 14.6 Å². The van der Waals surface area contributed by atoms with Gasteiger partial charge in [-0.2, -0.15) is 0 Å². The van der Waals surface area contributed by atoms with Crippen LogP contribution in [0.4, 0.5) is 5.69 Å². The first-order valence-electron chi connectivity index (χ1n) is 4.95. The summed E-state index contributed by atoms with van der Waals surface area (Å²) in [4.78, 5) is 12.4. The Morgan fingerprint density at radius 1 is 1.47 bits per heavy atom. The molecule has 1 aromatic heterocycles. The molecular weight excluding hydrogens is 302 g/mol. The van der Waals surface area contributed by atoms with Crippen LogP contribution in [-0.4, -0.2) is 25.0 Å². The van der Waals surface area contributed by atoms with Gasteiger partial charge in [0.15, 0.2) is 0 Å². The van der Waals surface area contributed by atoms with Gasteiger partial charge >= 0.3 is 0 Å². The van der Waals surface area contributed by atoms with Crippen LogP contribution in [-0.2, 0) is 0 Å². The van der Waals surface area contributed by atoms with Crippen LogP contribution in [0.15, 0.2) is 22.7 Å². The van der Waals surface area contributed by atoms with Crippen molar-refractivity contribution in [3.05, 3.63) is 27.5 Å². The number of carbonyl (C=O) groups is 1. The quantitative estimate of drug-likeness (QED) is 0.837. The number of carbonyl (C=O) groups excluding carboxylic acids is 1. The molecule has 90 valence electrons. The number of halogens is 1. The molecule has 0 spiro atoms. The van der Waals surface area contributed by atoms with Crippen LogP contribution in [0.25, 0.3) is 10.1 Å². The molecule has 6 heteroatoms. The number of nitrogens with zero attached hydrogens (tertiary/aromatic N) is 1. The first-order chi connectivity index (χ1) is 7.99. The van der Waals surface area contributed by atoms with Gasteiger partial charge in [-0.05, 0) is 12.1 Å². The number of hydrogen-bond acceptors (Lipinski definition) is 4. The zero-order valence-corrected chi connectivity index (χ0v) is 11.9. The van der Waals surface area contributed by atoms with Crippen molar-refractivity contribution in [3.63, 3.8) is 0 Å². The van der Waals surface area contributed by atoms with Crippen molar-refractivity contribution in [1.82, 2.24) is 10.4 Å². The predicted molar refractivity (Wildman–Crippen MR) is 75.1 cm³/mol. The van der Waals surface area contributed by atoms with Gasteiger partial charge in [0.2, 0.25) is 0 Å². The van der Waals surface area contributed by atoms with E-state index in [1.54, 1.807) is 19.1 Å². The summed E-state index contributed by atoms with van der Waals surface area (Å²) in [7, 11) is 3.52. The maximum atomic E-state index is 11.9. The highest BCUT2D eigenvalue weighted by Gasteiger charge is 2.16. The molecule has 4 nitrogen and oxygen atoms in total. The van der Waals surface area contributed by atoms with Gasteiger partial charge in [0.05, 0.1) is 5.69 Å². The van der Waals surface area contributed by atoms with E-state index in [1.807, 2.05) is 18.2 Å². The number of nitrogen functional groups attached to an aromatic ring is 1. The Kier molecular flexibility index (Phi) is 3.37. The van der Waals surface area contributed by atoms with E-state index in [4.69, 9.17) is 5.73 Å². The molecule has 1 amide bonds. The maximum Gasteiger partial charge on any atom is 0.277 e. The van der Waals surface area contributed by atoms with E-state index in [9.17, 15) is 4.79 Å². The molecule has 17 heavy (non-hydrogen) atoms. The normalized spacial score (nSPS) is 11.1. The molecule has 0 saturated heterocycles. The Balaban J connectivity index is 2.48. The summed E-state index contributed by atoms with van der Waals surface area (Å²) >= 11 is 4.80. The molecule has 0 atom stereocenters. The Morgan fingerprint density at radius 3 is 2.82 bits per heavy atom. The van der Waals surface area contributed by atoms with Crippen molar-refractivity contribution < 1.29 is 4.79 Å². The molecule has 0 aliphatic carbocycles. The topological polar surface area (TPSA) is 58.4 Å². The first kappa shape index (κ1) is 12.3. The smallest absolute Gasteiger partial charge is 0.277 e. The van der Waals surface area contributed by atoms with Crippen molar-refractivity contribution in [2.75, 3.05) is 19.8 Å². The molecule has 0 fully saturated rings. The third-order valence-corrected chi connectivity index (χ3v) is 3.88. The third-order valence-electron chi connectivity index (χ3n) is 2.22. The summed E-state index contributed by atoms with van der Waals surface area (Å²) in [5.74, 6) is -0.176. The zero-order valence-electron chi connectivity index (χ0n) is 9.45. The predicted octanol–water partition coefficient (Wildman–Crippen LogP) is 2.45. The van der Waals surface area contributed by atoms with Crippen LogP contribution >= 0.6 is 27.3 Å². The minimum absolute atomic E-state index is 0.176. The van der Waals surface area contributed by atoms with Crippen LogP contribution in [0.1, 0.15) is 9.67 Å². The van der Waals surface area contributed by atoms with Gasteiger partial charge in [-0.15, -0.1) is 11.3 Å². The van der Waals surface area contributed by atoms with Gasteiger partial charge < -0.3 is 5.73 Å². The van der Waals surface area contributed by atoms with Crippen molar-refractivity contribution in [1.29, 1.82) is 0 Å². The van der Waals surface area contributed by atoms with Crippen LogP contribution in [0.2, 0.25) is 0 Å². The van der Waals surface area contributed by atoms with Gasteiger partial charge in [-0.3, -0.25) is 10.2 Å². The summed E-state index contributed by atoms with van der Waals surface area (Å²) in [5.41, 5.74) is 9.21. The summed E-state index contributed by atoms with van der Waals surface area (Å²) in [6, 6.07) is 5.79. The van der Waals surface area contributed by atoms with Gasteiger partial charge in [-0.25, -0.2) is 5.01 Å². The largest absolute Gasteiger partial charge is 0.397 e. The Labute approximate surface area is 111 Å². The number of anilines is 1. The lowest BCUT2D eigenvalue weighted by atomic mass is 10.2. The van der Waals surface area contributed by atoms with E-state index < -0.39 is 0 Å². The molecule has 1 aromatic carbocycles. The fourth-order valence-corrected chi connectivity index (χ4v) is 3.08. The fraction of sp³-hybridized carbons (Fsp3) is 0.182. The number of hydrogen-bond donors (Lipinski definition) is 2. The van der Waals surface area contributed by atoms with Crippen molar-refractivity contribution >= 4 is 48.9 Å². The van der Waals surface area contributed by atoms with Crippen LogP contribution < -0.4 is 11.2 Å². The molecule has 2 aromatic rings. The second-order valence-electron chi connectivity index (χ2n) is 3.82. The molecule has 1 heterocycles. The Bertz CT molecular complexity index is 579. The molecule has 0 unspecified atom stereocenters. The number of amides is 1. The number of thiophene rings is 1. The lowest BCUT2D eigenvalue weighted by Gasteiger charge is -2.10. The van der Waals surface area contributed by atoms with Gasteiger partial charge in [-0.1, -0.05) is 22.0 Å². The minimum Gasteiger partial charge on any atom is -0.397 e. The summed E-state index contributed by atoms with van der Waals surface area (Å²) in [6.45, 7) is 0. The highest BCUT2D eigenvalue weighted by molar-refractivity contribution is 9.10. The van der Waals surface area contributed by atoms with Gasteiger partial charge in [0.25, 0.3) is 5.91 Å². The monoisotopic (exact) mass is 313 g/mol. The Morgan fingerprint density at radius 2 is 2.18 bits per heavy atom. The van der Waals surface area contributed by atoms with Gasteiger partial charge in [0.1, 0.15) is 4.88 Å². The highest BCUT2D eigenvalue weighted by atomic mass is 79.9. The third kappa shape index (κ3) is 2.43. The fourth-order valence-electron chi connectivity index (χ4n) is 1.51. The molecule has 0 radical (unpaired) electrons. The van der Waals surface area contributed by atoms with E-state index in [-0.39, 0.29) is 5.91 Å². The number of benzene rings is 1. The molecule has 0 aliphatic heterocycles. The second-order valence-corrected chi connectivity index (χ2v) is 5.79. The average Bonchev–Trinajstić information content (AvgIpc) is 2.54. The summed E-state index contributed by atoms with van der Waals surface area (Å²) in [5, 5.41) is 2.52. The van der Waals surface area contributed by atoms with E-state index in [0.29, 0.717) is 10.6 Å². The first-order valence-corrected chi connectivity index (χ1v) is 6.56. The van der Waals surface area contributed by atoms with Crippen molar-refractivity contribution in [2.24, 2.45) is 0 Å². The molecule has 0 aliphatic rings. The number of nitrogens with two attached hydrogens (primary N) is 1. The molecular formula is C11H12BrN3OS. The van der Waals surface area contributed by atoms with Crippen molar-refractivity contribution in [3.8, 4) is 0 Å². The zero-order chi connectivity index (χ0) is 12.6. The summed E-state index contributed by atoms with van der Waals surface area (Å²) in [6.07, 6.45) is 0. The van der Waals surface area contributed by atoms with E-state index in [2.05, 4.69) is 21.4 Å². The minimum atomic E-state index is -0.176. The standard InChI is InChI=1S/C11H12BrN3OS/c1-15(2)14-11(16)10-9(13)7-4-3-6(12)5-8(7)17-10/h3-5H,13H2,1-2H3,(H,14,16). The lowest BCUT2D eigenvalue weighted by Crippen LogP contribution is -2.35. The van der Waals surface area contributed by atoms with E-state index >= 15 is 0 Å². The van der Waals surface area contributed by atoms with Crippen LogP contribution in [0.3, 0.4) is 0 Å². The SMILES string of the molecule is CN(C)NC(=O)c1sc2cc(Br)ccc2c1N. The average molecular weight is 314 g/mol. The number of nitrogens with one attached hydrogen (secondary N) is 1. The number of rotatable bonds is 2. The van der Waals surface area contributed by atoms with Crippen LogP contribution in [0, 0.1) is 0 Å². The molecule has 0 bridgehead atoms. The second kappa shape index (κ2) is 4.64. The molecule has 2 rings (SSSR count). The Hall–Kier alpha value is -1.11. The van der Waals surface area contributed by atoms with Gasteiger partial charge in [0, 0.05) is 28.7 Å². The summed E-state index contributed by atoms with van der Waals surface area (Å²) < 4.78 is 1.98.